The molecule has 0 aromatic carbocycles. The molecule has 1 N–H and O–H groups in total. The van der Waals surface area contributed by atoms with Gasteiger partial charge in [0.15, 0.2) is 6.10 Å². The second-order valence-corrected chi connectivity index (χ2v) is 7.37. The molecule has 0 heterocycles. The Morgan fingerprint density at radius 1 is 0.704 bits per heavy atom. The zero-order valence-corrected chi connectivity index (χ0v) is 17.7. The fraction of sp³-hybridized carbons (Fsp3) is 0.909. The maximum absolute atomic E-state index is 11.8. The Morgan fingerprint density at radius 3 is 1.70 bits per heavy atom. The van der Waals surface area contributed by atoms with E-state index >= 15 is 0 Å². The van der Waals surface area contributed by atoms with Gasteiger partial charge in [0.25, 0.3) is 0 Å². The van der Waals surface area contributed by atoms with Crippen molar-refractivity contribution in [1.82, 2.24) is 0 Å². The van der Waals surface area contributed by atoms with E-state index in [1.165, 1.54) is 51.4 Å². The van der Waals surface area contributed by atoms with Crippen molar-refractivity contribution in [2.45, 2.75) is 116 Å². The van der Waals surface area contributed by atoms with E-state index in [4.69, 9.17) is 9.47 Å². The van der Waals surface area contributed by atoms with Gasteiger partial charge in [0.1, 0.15) is 6.61 Å². The van der Waals surface area contributed by atoms with Gasteiger partial charge in [-0.2, -0.15) is 0 Å². The number of carbonyl (C=O) groups is 2. The third kappa shape index (κ3) is 18.0. The van der Waals surface area contributed by atoms with E-state index < -0.39 is 6.10 Å². The molecule has 1 unspecified atom stereocenters. The van der Waals surface area contributed by atoms with Crippen LogP contribution in [0.2, 0.25) is 0 Å². The monoisotopic (exact) mass is 386 g/mol. The standard InChI is InChI=1S/C22H42O5/c1-3-5-7-8-9-10-11-12-13-14-15-17-22(25)27-20(18-23)19-26-21(24)16-6-4-2/h20,23H,3-19H2,1-2H3. The average Bonchev–Trinajstić information content (AvgIpc) is 2.67. The SMILES string of the molecule is CCCCCCCCCCCCCC(=O)OC(CO)COC(=O)CCCC. The minimum atomic E-state index is -0.754. The fourth-order valence-corrected chi connectivity index (χ4v) is 2.88. The molecule has 5 heteroatoms. The Labute approximate surface area is 166 Å². The first-order chi connectivity index (χ1) is 13.1. The first kappa shape index (κ1) is 25.9. The Kier molecular flexibility index (Phi) is 18.9. The summed E-state index contributed by atoms with van der Waals surface area (Å²) in [6, 6.07) is 0. The molecule has 0 aromatic heterocycles. The van der Waals surface area contributed by atoms with Crippen molar-refractivity contribution in [2.75, 3.05) is 13.2 Å². The van der Waals surface area contributed by atoms with Gasteiger partial charge in [-0.05, 0) is 12.8 Å². The lowest BCUT2D eigenvalue weighted by Crippen LogP contribution is -2.28. The van der Waals surface area contributed by atoms with Gasteiger partial charge in [0.05, 0.1) is 6.61 Å². The van der Waals surface area contributed by atoms with Crippen LogP contribution in [-0.4, -0.2) is 36.4 Å². The predicted molar refractivity (Wildman–Crippen MR) is 109 cm³/mol. The van der Waals surface area contributed by atoms with Gasteiger partial charge >= 0.3 is 11.9 Å². The largest absolute Gasteiger partial charge is 0.462 e. The molecule has 1 atom stereocenters. The summed E-state index contributed by atoms with van der Waals surface area (Å²) in [6.45, 7) is 3.84. The van der Waals surface area contributed by atoms with Crippen LogP contribution in [-0.2, 0) is 19.1 Å². The van der Waals surface area contributed by atoms with Crippen LogP contribution >= 0.6 is 0 Å². The molecule has 0 rings (SSSR count). The van der Waals surface area contributed by atoms with Gasteiger partial charge in [-0.1, -0.05) is 84.5 Å². The van der Waals surface area contributed by atoms with E-state index in [2.05, 4.69) is 6.92 Å². The molecule has 0 aliphatic rings. The Morgan fingerprint density at radius 2 is 1.19 bits per heavy atom. The second-order valence-electron chi connectivity index (χ2n) is 7.37. The minimum Gasteiger partial charge on any atom is -0.462 e. The lowest BCUT2D eigenvalue weighted by atomic mass is 10.1. The number of rotatable bonds is 19. The summed E-state index contributed by atoms with van der Waals surface area (Å²) < 4.78 is 10.2. The van der Waals surface area contributed by atoms with Gasteiger partial charge in [-0.25, -0.2) is 0 Å². The van der Waals surface area contributed by atoms with E-state index in [0.29, 0.717) is 12.8 Å². The summed E-state index contributed by atoms with van der Waals surface area (Å²) in [6.07, 6.45) is 15.2. The van der Waals surface area contributed by atoms with Gasteiger partial charge in [0, 0.05) is 12.8 Å². The van der Waals surface area contributed by atoms with Crippen molar-refractivity contribution in [3.8, 4) is 0 Å². The normalized spacial score (nSPS) is 12.0. The van der Waals surface area contributed by atoms with Crippen LogP contribution in [0.5, 0.6) is 0 Å². The highest BCUT2D eigenvalue weighted by molar-refractivity contribution is 5.70. The third-order valence-corrected chi connectivity index (χ3v) is 4.65. The predicted octanol–water partition coefficient (Wildman–Crippen LogP) is 5.33. The molecule has 0 saturated heterocycles. The molecular formula is C22H42O5. The van der Waals surface area contributed by atoms with Crippen molar-refractivity contribution in [2.24, 2.45) is 0 Å². The number of hydrogen-bond acceptors (Lipinski definition) is 5. The minimum absolute atomic E-state index is 0.0664. The van der Waals surface area contributed by atoms with Crippen molar-refractivity contribution < 1.29 is 24.2 Å². The van der Waals surface area contributed by atoms with Crippen molar-refractivity contribution in [3.63, 3.8) is 0 Å². The van der Waals surface area contributed by atoms with Crippen LogP contribution in [0, 0.1) is 0 Å². The number of unbranched alkanes of at least 4 members (excludes halogenated alkanes) is 11. The molecule has 5 nitrogen and oxygen atoms in total. The van der Waals surface area contributed by atoms with E-state index in [0.717, 1.165) is 32.1 Å². The average molecular weight is 387 g/mol. The summed E-state index contributed by atoms with van der Waals surface area (Å²) in [7, 11) is 0. The molecule has 160 valence electrons. The van der Waals surface area contributed by atoms with Crippen molar-refractivity contribution >= 4 is 11.9 Å². The number of ether oxygens (including phenoxy) is 2. The molecule has 0 aliphatic carbocycles. The van der Waals surface area contributed by atoms with E-state index in [1.54, 1.807) is 0 Å². The van der Waals surface area contributed by atoms with Gasteiger partial charge in [0.2, 0.25) is 0 Å². The van der Waals surface area contributed by atoms with Crippen LogP contribution in [0.1, 0.15) is 110 Å². The van der Waals surface area contributed by atoms with Gasteiger partial charge in [-0.3, -0.25) is 9.59 Å². The van der Waals surface area contributed by atoms with Crippen molar-refractivity contribution in [3.05, 3.63) is 0 Å². The van der Waals surface area contributed by atoms with E-state index in [1.807, 2.05) is 6.92 Å². The van der Waals surface area contributed by atoms with Crippen LogP contribution in [0.15, 0.2) is 0 Å². The molecule has 0 bridgehead atoms. The Bertz CT molecular complexity index is 357. The quantitative estimate of drug-likeness (QED) is 0.240. The van der Waals surface area contributed by atoms with E-state index in [-0.39, 0.29) is 25.2 Å². The molecule has 0 saturated carbocycles. The molecule has 27 heavy (non-hydrogen) atoms. The van der Waals surface area contributed by atoms with Crippen molar-refractivity contribution in [1.29, 1.82) is 0 Å². The van der Waals surface area contributed by atoms with Crippen LogP contribution in [0.3, 0.4) is 0 Å². The highest BCUT2D eigenvalue weighted by Crippen LogP contribution is 2.12. The maximum Gasteiger partial charge on any atom is 0.306 e. The first-order valence-electron chi connectivity index (χ1n) is 11.1. The first-order valence-corrected chi connectivity index (χ1v) is 11.1. The molecule has 0 amide bonds. The Hall–Kier alpha value is -1.10. The molecule has 0 radical (unpaired) electrons. The second kappa shape index (κ2) is 19.7. The number of hydrogen-bond donors (Lipinski definition) is 1. The van der Waals surface area contributed by atoms with E-state index in [9.17, 15) is 14.7 Å². The fourth-order valence-electron chi connectivity index (χ4n) is 2.88. The van der Waals surface area contributed by atoms with Crippen LogP contribution in [0.4, 0.5) is 0 Å². The summed E-state index contributed by atoms with van der Waals surface area (Å²) in [4.78, 5) is 23.3. The van der Waals surface area contributed by atoms with Crippen LogP contribution in [0.25, 0.3) is 0 Å². The third-order valence-electron chi connectivity index (χ3n) is 4.65. The summed E-state index contributed by atoms with van der Waals surface area (Å²) in [5.41, 5.74) is 0. The number of aliphatic hydroxyl groups is 1. The molecular weight excluding hydrogens is 344 g/mol. The zero-order valence-electron chi connectivity index (χ0n) is 17.7. The number of esters is 2. The van der Waals surface area contributed by atoms with Gasteiger partial charge < -0.3 is 14.6 Å². The Balaban J connectivity index is 3.56. The summed E-state index contributed by atoms with van der Waals surface area (Å²) in [5.74, 6) is -0.633. The number of aliphatic hydroxyl groups excluding tert-OH is 1. The molecule has 0 aromatic rings. The lowest BCUT2D eigenvalue weighted by Gasteiger charge is -2.15. The van der Waals surface area contributed by atoms with Gasteiger partial charge in [-0.15, -0.1) is 0 Å². The molecule has 0 spiro atoms. The smallest absolute Gasteiger partial charge is 0.306 e. The zero-order chi connectivity index (χ0) is 20.2. The topological polar surface area (TPSA) is 72.8 Å². The lowest BCUT2D eigenvalue weighted by molar-refractivity contribution is -0.161. The molecule has 0 fully saturated rings. The van der Waals surface area contributed by atoms with Crippen LogP contribution < -0.4 is 0 Å². The highest BCUT2D eigenvalue weighted by Gasteiger charge is 2.15. The number of carbonyl (C=O) groups excluding carboxylic acids is 2. The highest BCUT2D eigenvalue weighted by atomic mass is 16.6. The maximum atomic E-state index is 11.8. The summed E-state index contributed by atoms with van der Waals surface area (Å²) in [5, 5.41) is 9.26. The summed E-state index contributed by atoms with van der Waals surface area (Å²) >= 11 is 0. The molecule has 0 aliphatic heterocycles.